The summed E-state index contributed by atoms with van der Waals surface area (Å²) in [5.41, 5.74) is 4.44. The van der Waals surface area contributed by atoms with Crippen LogP contribution in [0.4, 0.5) is 11.5 Å². The molecule has 8 nitrogen and oxygen atoms in total. The maximum absolute atomic E-state index is 12.0. The van der Waals surface area contributed by atoms with Gasteiger partial charge in [-0.2, -0.15) is 0 Å². The zero-order chi connectivity index (χ0) is 24.2. The van der Waals surface area contributed by atoms with Gasteiger partial charge in [-0.15, -0.1) is 0 Å². The zero-order valence-corrected chi connectivity index (χ0v) is 21.3. The Bertz CT molecular complexity index is 1010. The Morgan fingerprint density at radius 3 is 2.43 bits per heavy atom. The second kappa shape index (κ2) is 10.9. The third-order valence-corrected chi connectivity index (χ3v) is 7.64. The van der Waals surface area contributed by atoms with E-state index in [0.29, 0.717) is 6.54 Å². The number of carbonyl (C=O) groups excluding carboxylic acids is 1. The number of piperazine rings is 1. The number of likely N-dealkylation sites (tertiary alicyclic amines) is 1. The first kappa shape index (κ1) is 24.0. The molecule has 8 heteroatoms. The van der Waals surface area contributed by atoms with Gasteiger partial charge in [-0.1, -0.05) is 0 Å². The van der Waals surface area contributed by atoms with Crippen LogP contribution in [-0.4, -0.2) is 96.5 Å². The first-order valence-corrected chi connectivity index (χ1v) is 13.2. The number of hydrogen-bond acceptors (Lipinski definition) is 7. The first-order chi connectivity index (χ1) is 17.1. The summed E-state index contributed by atoms with van der Waals surface area (Å²) < 4.78 is 0. The van der Waals surface area contributed by atoms with Gasteiger partial charge in [0.25, 0.3) is 0 Å². The van der Waals surface area contributed by atoms with Crippen LogP contribution in [-0.2, 0) is 17.8 Å². The molecule has 1 aromatic heterocycles. The Labute approximate surface area is 209 Å². The van der Waals surface area contributed by atoms with Gasteiger partial charge in [-0.3, -0.25) is 4.79 Å². The van der Waals surface area contributed by atoms with Crippen molar-refractivity contribution in [1.29, 1.82) is 0 Å². The van der Waals surface area contributed by atoms with E-state index >= 15 is 0 Å². The molecule has 35 heavy (non-hydrogen) atoms. The van der Waals surface area contributed by atoms with Crippen molar-refractivity contribution in [3.8, 4) is 11.4 Å². The molecule has 2 fully saturated rings. The Hall–Kier alpha value is -2.71. The molecule has 3 aliphatic rings. The molecule has 0 bridgehead atoms. The molecule has 188 valence electrons. The molecule has 2 saturated heterocycles. The van der Waals surface area contributed by atoms with Gasteiger partial charge in [0.15, 0.2) is 5.82 Å². The molecule has 0 unspecified atom stereocenters. The molecule has 0 atom stereocenters. The number of amides is 1. The van der Waals surface area contributed by atoms with E-state index in [2.05, 4.69) is 51.3 Å². The van der Waals surface area contributed by atoms with Crippen molar-refractivity contribution in [3.05, 3.63) is 35.5 Å². The van der Waals surface area contributed by atoms with Crippen LogP contribution in [0.15, 0.2) is 24.3 Å². The van der Waals surface area contributed by atoms with Crippen molar-refractivity contribution in [2.75, 3.05) is 76.2 Å². The van der Waals surface area contributed by atoms with Crippen LogP contribution in [0.1, 0.15) is 37.4 Å². The summed E-state index contributed by atoms with van der Waals surface area (Å²) in [4.78, 5) is 31.2. The topological polar surface area (TPSA) is 67.8 Å². The summed E-state index contributed by atoms with van der Waals surface area (Å²) in [6.07, 6.45) is 4.51. The van der Waals surface area contributed by atoms with Crippen LogP contribution >= 0.6 is 0 Å². The molecule has 3 aliphatic heterocycles. The van der Waals surface area contributed by atoms with E-state index in [4.69, 9.17) is 9.97 Å². The van der Waals surface area contributed by atoms with Gasteiger partial charge in [0.2, 0.25) is 5.91 Å². The summed E-state index contributed by atoms with van der Waals surface area (Å²) in [6, 6.07) is 8.70. The fourth-order valence-corrected chi connectivity index (χ4v) is 5.36. The van der Waals surface area contributed by atoms with Crippen LogP contribution in [0.2, 0.25) is 0 Å². The van der Waals surface area contributed by atoms with Gasteiger partial charge in [0.1, 0.15) is 5.82 Å². The number of aromatic nitrogens is 2. The molecule has 1 N–H and O–H groups in total. The highest BCUT2D eigenvalue weighted by Gasteiger charge is 2.24. The smallest absolute Gasteiger partial charge is 0.219 e. The molecule has 1 aromatic carbocycles. The monoisotopic (exact) mass is 477 g/mol. The third-order valence-electron chi connectivity index (χ3n) is 7.64. The molecular formula is C27H39N7O. The molecule has 1 amide bonds. The predicted molar refractivity (Wildman–Crippen MR) is 141 cm³/mol. The van der Waals surface area contributed by atoms with E-state index in [9.17, 15) is 4.79 Å². The quantitative estimate of drug-likeness (QED) is 0.615. The second-order valence-corrected chi connectivity index (χ2v) is 10.2. The first-order valence-electron chi connectivity index (χ1n) is 13.2. The van der Waals surface area contributed by atoms with Gasteiger partial charge in [0.05, 0.1) is 12.2 Å². The predicted octanol–water partition coefficient (Wildman–Crippen LogP) is 2.70. The van der Waals surface area contributed by atoms with Gasteiger partial charge in [0, 0.05) is 69.4 Å². The van der Waals surface area contributed by atoms with Crippen LogP contribution in [0.5, 0.6) is 0 Å². The number of likely N-dealkylation sites (N-methyl/N-ethyl adjacent to an activating group) is 1. The van der Waals surface area contributed by atoms with Gasteiger partial charge in [-0.05, 0) is 70.2 Å². The lowest BCUT2D eigenvalue weighted by molar-refractivity contribution is -0.129. The summed E-state index contributed by atoms with van der Waals surface area (Å²) in [7, 11) is 2.18. The summed E-state index contributed by atoms with van der Waals surface area (Å²) in [6.45, 7) is 11.7. The number of anilines is 2. The van der Waals surface area contributed by atoms with Gasteiger partial charge in [-0.25, -0.2) is 9.97 Å². The lowest BCUT2D eigenvalue weighted by Gasteiger charge is -2.34. The lowest BCUT2D eigenvalue weighted by Crippen LogP contribution is -2.44. The maximum Gasteiger partial charge on any atom is 0.219 e. The molecule has 0 spiro atoms. The molecule has 0 radical (unpaired) electrons. The van der Waals surface area contributed by atoms with Crippen molar-refractivity contribution >= 4 is 17.4 Å². The van der Waals surface area contributed by atoms with Crippen molar-refractivity contribution in [2.24, 2.45) is 0 Å². The number of hydrogen-bond donors (Lipinski definition) is 1. The zero-order valence-electron chi connectivity index (χ0n) is 21.3. The minimum Gasteiger partial charge on any atom is -0.370 e. The third kappa shape index (κ3) is 5.76. The number of nitrogens with one attached hydrogen (secondary N) is 1. The van der Waals surface area contributed by atoms with E-state index in [1.54, 1.807) is 6.92 Å². The van der Waals surface area contributed by atoms with Crippen LogP contribution in [0.25, 0.3) is 11.4 Å². The van der Waals surface area contributed by atoms with Crippen LogP contribution < -0.4 is 10.2 Å². The number of carbonyl (C=O) groups is 1. The minimum absolute atomic E-state index is 0.110. The number of benzene rings is 1. The number of rotatable bonds is 7. The van der Waals surface area contributed by atoms with Gasteiger partial charge >= 0.3 is 0 Å². The molecule has 5 rings (SSSR count). The standard InChI is InChI=1S/C27H39N7O/c1-21(35)34-15-10-25-24(20-34)27(28-11-5-14-32-12-3-4-13-32)30-26(29-25)22-6-8-23(9-7-22)33-18-16-31(2)17-19-33/h6-9H,3-5,10-20H2,1-2H3,(H,28,29,30). The van der Waals surface area contributed by atoms with Crippen molar-refractivity contribution in [3.63, 3.8) is 0 Å². The minimum atomic E-state index is 0.110. The van der Waals surface area contributed by atoms with E-state index in [0.717, 1.165) is 87.1 Å². The molecule has 0 aliphatic carbocycles. The molecule has 0 saturated carbocycles. The fraction of sp³-hybridized carbons (Fsp3) is 0.593. The Kier molecular flexibility index (Phi) is 7.48. The van der Waals surface area contributed by atoms with Crippen LogP contribution in [0.3, 0.4) is 0 Å². The van der Waals surface area contributed by atoms with Crippen molar-refractivity contribution < 1.29 is 4.79 Å². The highest BCUT2D eigenvalue weighted by atomic mass is 16.2. The normalized spacial score (nSPS) is 19.1. The van der Waals surface area contributed by atoms with Crippen LogP contribution in [0, 0.1) is 0 Å². The summed E-state index contributed by atoms with van der Waals surface area (Å²) >= 11 is 0. The van der Waals surface area contributed by atoms with E-state index in [1.807, 2.05) is 4.90 Å². The Morgan fingerprint density at radius 1 is 0.971 bits per heavy atom. The molecular weight excluding hydrogens is 438 g/mol. The Balaban J connectivity index is 1.33. The van der Waals surface area contributed by atoms with E-state index in [-0.39, 0.29) is 5.91 Å². The highest BCUT2D eigenvalue weighted by Crippen LogP contribution is 2.29. The number of fused-ring (bicyclic) bond motifs is 1. The second-order valence-electron chi connectivity index (χ2n) is 10.2. The highest BCUT2D eigenvalue weighted by molar-refractivity contribution is 5.74. The fourth-order valence-electron chi connectivity index (χ4n) is 5.36. The summed E-state index contributed by atoms with van der Waals surface area (Å²) in [5.74, 6) is 1.77. The lowest BCUT2D eigenvalue weighted by atomic mass is 10.0. The largest absolute Gasteiger partial charge is 0.370 e. The summed E-state index contributed by atoms with van der Waals surface area (Å²) in [5, 5.41) is 3.60. The molecule has 4 heterocycles. The van der Waals surface area contributed by atoms with E-state index < -0.39 is 0 Å². The SMILES string of the molecule is CC(=O)N1CCc2nc(-c3ccc(N4CCN(C)CC4)cc3)nc(NCCCN3CCCC3)c2C1. The molecule has 2 aromatic rings. The van der Waals surface area contributed by atoms with Crippen molar-refractivity contribution in [1.82, 2.24) is 24.7 Å². The average Bonchev–Trinajstić information content (AvgIpc) is 3.40. The number of nitrogens with zero attached hydrogens (tertiary/aromatic N) is 6. The average molecular weight is 478 g/mol. The van der Waals surface area contributed by atoms with Crippen molar-refractivity contribution in [2.45, 2.75) is 39.2 Å². The van der Waals surface area contributed by atoms with Gasteiger partial charge < -0.3 is 24.9 Å². The maximum atomic E-state index is 12.0. The van der Waals surface area contributed by atoms with E-state index in [1.165, 1.54) is 31.6 Å². The Morgan fingerprint density at radius 2 is 1.71 bits per heavy atom.